The van der Waals surface area contributed by atoms with Gasteiger partial charge in [0, 0.05) is 0 Å². The summed E-state index contributed by atoms with van der Waals surface area (Å²) >= 11 is 0. The molecular formula is C27H26O3. The molecule has 4 aromatic carbocycles. The molecule has 152 valence electrons. The molecule has 0 aliphatic heterocycles. The van der Waals surface area contributed by atoms with Gasteiger partial charge in [-0.2, -0.15) is 0 Å². The Morgan fingerprint density at radius 3 is 1.90 bits per heavy atom. The fourth-order valence-corrected chi connectivity index (χ4v) is 3.22. The molecule has 4 rings (SSSR count). The summed E-state index contributed by atoms with van der Waals surface area (Å²) < 4.78 is 17.5. The van der Waals surface area contributed by atoms with Gasteiger partial charge < -0.3 is 14.2 Å². The smallest absolute Gasteiger partial charge is 0.120 e. The number of benzene rings is 4. The van der Waals surface area contributed by atoms with Crippen molar-refractivity contribution in [3.63, 3.8) is 0 Å². The Morgan fingerprint density at radius 1 is 0.567 bits per heavy atom. The van der Waals surface area contributed by atoms with Crippen molar-refractivity contribution in [1.29, 1.82) is 0 Å². The van der Waals surface area contributed by atoms with Crippen molar-refractivity contribution in [3.8, 4) is 11.5 Å². The van der Waals surface area contributed by atoms with Crippen LogP contribution < -0.4 is 9.47 Å². The minimum absolute atomic E-state index is 0.523. The van der Waals surface area contributed by atoms with Crippen LogP contribution in [-0.2, 0) is 18.0 Å². The van der Waals surface area contributed by atoms with Crippen molar-refractivity contribution in [3.05, 3.63) is 108 Å². The number of hydrogen-bond donors (Lipinski definition) is 0. The van der Waals surface area contributed by atoms with Gasteiger partial charge in [0.25, 0.3) is 0 Å². The molecule has 0 bridgehead atoms. The second-order valence-corrected chi connectivity index (χ2v) is 7.33. The summed E-state index contributed by atoms with van der Waals surface area (Å²) in [7, 11) is 0. The fraction of sp³-hybridized carbons (Fsp3) is 0.185. The van der Waals surface area contributed by atoms with Gasteiger partial charge in [-0.05, 0) is 53.1 Å². The highest BCUT2D eigenvalue weighted by molar-refractivity contribution is 5.85. The van der Waals surface area contributed by atoms with Gasteiger partial charge in [0.15, 0.2) is 0 Å². The zero-order valence-electron chi connectivity index (χ0n) is 17.2. The van der Waals surface area contributed by atoms with Crippen LogP contribution in [0, 0.1) is 6.92 Å². The van der Waals surface area contributed by atoms with Crippen LogP contribution in [0.2, 0.25) is 0 Å². The normalized spacial score (nSPS) is 10.8. The molecule has 0 saturated heterocycles. The molecule has 0 heterocycles. The SMILES string of the molecule is Cc1ccc(COCCOc2ccc3cc(OCc4ccccc4)ccc3c2)cc1. The van der Waals surface area contributed by atoms with Crippen LogP contribution in [0.25, 0.3) is 10.8 Å². The standard InChI is InChI=1S/C27H26O3/c1-21-7-9-23(10-8-21)19-28-15-16-29-26-13-11-25-18-27(14-12-24(25)17-26)30-20-22-5-3-2-4-6-22/h2-14,17-18H,15-16,19-20H2,1H3. The predicted molar refractivity (Wildman–Crippen MR) is 121 cm³/mol. The summed E-state index contributed by atoms with van der Waals surface area (Å²) in [4.78, 5) is 0. The lowest BCUT2D eigenvalue weighted by Gasteiger charge is -2.10. The van der Waals surface area contributed by atoms with E-state index in [9.17, 15) is 0 Å². The summed E-state index contributed by atoms with van der Waals surface area (Å²) in [5.74, 6) is 1.71. The van der Waals surface area contributed by atoms with Crippen LogP contribution in [0.3, 0.4) is 0 Å². The van der Waals surface area contributed by atoms with E-state index in [1.165, 1.54) is 11.1 Å². The minimum atomic E-state index is 0.523. The average Bonchev–Trinajstić information content (AvgIpc) is 2.79. The third kappa shape index (κ3) is 5.62. The van der Waals surface area contributed by atoms with Crippen molar-refractivity contribution in [2.75, 3.05) is 13.2 Å². The van der Waals surface area contributed by atoms with E-state index in [2.05, 4.69) is 67.6 Å². The maximum absolute atomic E-state index is 5.92. The predicted octanol–water partition coefficient (Wildman–Crippen LogP) is 6.32. The Hall–Kier alpha value is -3.30. The van der Waals surface area contributed by atoms with Crippen molar-refractivity contribution >= 4 is 10.8 Å². The second-order valence-electron chi connectivity index (χ2n) is 7.33. The maximum Gasteiger partial charge on any atom is 0.120 e. The van der Waals surface area contributed by atoms with E-state index in [0.29, 0.717) is 26.4 Å². The van der Waals surface area contributed by atoms with Gasteiger partial charge in [0.1, 0.15) is 24.7 Å². The molecule has 0 atom stereocenters. The van der Waals surface area contributed by atoms with E-state index in [1.54, 1.807) is 0 Å². The Balaban J connectivity index is 1.26. The number of aryl methyl sites for hydroxylation is 1. The zero-order chi connectivity index (χ0) is 20.6. The van der Waals surface area contributed by atoms with Crippen LogP contribution >= 0.6 is 0 Å². The van der Waals surface area contributed by atoms with E-state index in [1.807, 2.05) is 30.3 Å². The lowest BCUT2D eigenvalue weighted by molar-refractivity contribution is 0.0889. The molecule has 3 heteroatoms. The van der Waals surface area contributed by atoms with Crippen LogP contribution in [0.4, 0.5) is 0 Å². The van der Waals surface area contributed by atoms with Crippen LogP contribution in [0.15, 0.2) is 91.0 Å². The maximum atomic E-state index is 5.92. The van der Waals surface area contributed by atoms with Gasteiger partial charge in [-0.3, -0.25) is 0 Å². The van der Waals surface area contributed by atoms with E-state index in [4.69, 9.17) is 14.2 Å². The molecule has 30 heavy (non-hydrogen) atoms. The molecule has 0 aliphatic carbocycles. The summed E-state index contributed by atoms with van der Waals surface area (Å²) in [6.45, 7) is 4.33. The van der Waals surface area contributed by atoms with Crippen molar-refractivity contribution in [2.24, 2.45) is 0 Å². The third-order valence-electron chi connectivity index (χ3n) is 4.92. The van der Waals surface area contributed by atoms with Crippen molar-refractivity contribution in [1.82, 2.24) is 0 Å². The van der Waals surface area contributed by atoms with Gasteiger partial charge in [0.2, 0.25) is 0 Å². The fourth-order valence-electron chi connectivity index (χ4n) is 3.22. The highest BCUT2D eigenvalue weighted by Gasteiger charge is 2.02. The minimum Gasteiger partial charge on any atom is -0.491 e. The molecule has 0 N–H and O–H groups in total. The monoisotopic (exact) mass is 398 g/mol. The molecule has 4 aromatic rings. The van der Waals surface area contributed by atoms with Gasteiger partial charge in [0.05, 0.1) is 13.2 Å². The molecule has 0 fully saturated rings. The van der Waals surface area contributed by atoms with E-state index >= 15 is 0 Å². The molecule has 0 radical (unpaired) electrons. The van der Waals surface area contributed by atoms with E-state index in [-0.39, 0.29) is 0 Å². The molecule has 3 nitrogen and oxygen atoms in total. The molecule has 0 aromatic heterocycles. The first-order valence-corrected chi connectivity index (χ1v) is 10.2. The molecule has 0 aliphatic rings. The lowest BCUT2D eigenvalue weighted by atomic mass is 10.1. The lowest BCUT2D eigenvalue weighted by Crippen LogP contribution is -2.06. The van der Waals surface area contributed by atoms with Crippen molar-refractivity contribution < 1.29 is 14.2 Å². The Bertz CT molecular complexity index is 1070. The summed E-state index contributed by atoms with van der Waals surface area (Å²) in [6, 6.07) is 30.8. The zero-order valence-corrected chi connectivity index (χ0v) is 17.2. The number of ether oxygens (including phenoxy) is 3. The molecule has 0 amide bonds. The third-order valence-corrected chi connectivity index (χ3v) is 4.92. The van der Waals surface area contributed by atoms with Gasteiger partial charge >= 0.3 is 0 Å². The number of fused-ring (bicyclic) bond motifs is 1. The van der Waals surface area contributed by atoms with Crippen molar-refractivity contribution in [2.45, 2.75) is 20.1 Å². The first-order valence-electron chi connectivity index (χ1n) is 10.2. The summed E-state index contributed by atoms with van der Waals surface area (Å²) in [5.41, 5.74) is 3.59. The quantitative estimate of drug-likeness (QED) is 0.309. The Kier molecular flexibility index (Phi) is 6.63. The number of rotatable bonds is 9. The van der Waals surface area contributed by atoms with E-state index in [0.717, 1.165) is 27.8 Å². The second kappa shape index (κ2) is 9.95. The molecule has 0 saturated carbocycles. The first-order chi connectivity index (χ1) is 14.8. The highest BCUT2D eigenvalue weighted by Crippen LogP contribution is 2.25. The average molecular weight is 399 g/mol. The van der Waals surface area contributed by atoms with Gasteiger partial charge in [-0.25, -0.2) is 0 Å². The molecular weight excluding hydrogens is 372 g/mol. The Morgan fingerprint density at radius 2 is 1.20 bits per heavy atom. The van der Waals surface area contributed by atoms with Crippen LogP contribution in [0.5, 0.6) is 11.5 Å². The Labute approximate surface area is 177 Å². The summed E-state index contributed by atoms with van der Waals surface area (Å²) in [6.07, 6.45) is 0. The van der Waals surface area contributed by atoms with Crippen LogP contribution in [0.1, 0.15) is 16.7 Å². The largest absolute Gasteiger partial charge is 0.491 e. The summed E-state index contributed by atoms with van der Waals surface area (Å²) in [5, 5.41) is 2.25. The number of hydrogen-bond acceptors (Lipinski definition) is 3. The first kappa shape index (κ1) is 20.0. The topological polar surface area (TPSA) is 27.7 Å². The highest BCUT2D eigenvalue weighted by atomic mass is 16.5. The van der Waals surface area contributed by atoms with Crippen LogP contribution in [-0.4, -0.2) is 13.2 Å². The van der Waals surface area contributed by atoms with E-state index < -0.39 is 0 Å². The van der Waals surface area contributed by atoms with Gasteiger partial charge in [-0.1, -0.05) is 72.3 Å². The molecule has 0 spiro atoms. The molecule has 0 unspecified atom stereocenters. The van der Waals surface area contributed by atoms with Gasteiger partial charge in [-0.15, -0.1) is 0 Å².